The van der Waals surface area contributed by atoms with Gasteiger partial charge in [0.05, 0.1) is 5.56 Å². The molecule has 190 valence electrons. The Balaban J connectivity index is 1.58. The van der Waals surface area contributed by atoms with Gasteiger partial charge in [-0.25, -0.2) is 17.6 Å². The third kappa shape index (κ3) is 5.77. The van der Waals surface area contributed by atoms with Crippen molar-refractivity contribution in [3.8, 4) is 17.6 Å². The van der Waals surface area contributed by atoms with Crippen LogP contribution in [0.4, 0.5) is 30.7 Å². The van der Waals surface area contributed by atoms with E-state index in [4.69, 9.17) is 0 Å². The van der Waals surface area contributed by atoms with E-state index < -0.39 is 40.9 Å². The molecule has 0 atom stereocenters. The van der Waals surface area contributed by atoms with Gasteiger partial charge in [0, 0.05) is 10.9 Å². The summed E-state index contributed by atoms with van der Waals surface area (Å²) in [6, 6.07) is 6.87. The fourth-order valence-corrected chi connectivity index (χ4v) is 4.87. The van der Waals surface area contributed by atoms with Crippen molar-refractivity contribution in [1.82, 2.24) is 0 Å². The van der Waals surface area contributed by atoms with Crippen LogP contribution in [-0.4, -0.2) is 6.36 Å². The lowest BCUT2D eigenvalue weighted by atomic mass is 9.77. The Morgan fingerprint density at radius 1 is 0.861 bits per heavy atom. The lowest BCUT2D eigenvalue weighted by Gasteiger charge is -2.28. The van der Waals surface area contributed by atoms with E-state index in [1.165, 1.54) is 30.7 Å². The number of hydrogen-bond acceptors (Lipinski definition) is 1. The lowest BCUT2D eigenvalue weighted by Crippen LogP contribution is -2.19. The minimum atomic E-state index is -5.26. The van der Waals surface area contributed by atoms with Gasteiger partial charge in [-0.15, -0.1) is 13.2 Å². The maximum atomic E-state index is 14.8. The number of fused-ring (bicyclic) bond motifs is 1. The molecule has 0 bridgehead atoms. The van der Waals surface area contributed by atoms with E-state index in [9.17, 15) is 30.7 Å². The molecule has 36 heavy (non-hydrogen) atoms. The maximum Gasteiger partial charge on any atom is 0.573 e. The molecule has 3 aromatic carbocycles. The van der Waals surface area contributed by atoms with Crippen LogP contribution in [0.2, 0.25) is 0 Å². The summed E-state index contributed by atoms with van der Waals surface area (Å²) in [6.45, 7) is 2.15. The normalized spacial score (nSPS) is 18.1. The van der Waals surface area contributed by atoms with E-state index in [0.29, 0.717) is 17.5 Å². The largest absolute Gasteiger partial charge is 0.573 e. The van der Waals surface area contributed by atoms with Gasteiger partial charge in [-0.1, -0.05) is 37.7 Å². The lowest BCUT2D eigenvalue weighted by molar-refractivity contribution is -0.276. The highest BCUT2D eigenvalue weighted by atomic mass is 19.4. The van der Waals surface area contributed by atoms with Gasteiger partial charge >= 0.3 is 6.36 Å². The van der Waals surface area contributed by atoms with Gasteiger partial charge in [0.2, 0.25) is 5.75 Å². The first kappa shape index (κ1) is 25.9. The van der Waals surface area contributed by atoms with Crippen LogP contribution in [0.3, 0.4) is 0 Å². The Hall–Kier alpha value is -3.21. The van der Waals surface area contributed by atoms with Crippen molar-refractivity contribution in [3.05, 3.63) is 76.4 Å². The zero-order valence-electron chi connectivity index (χ0n) is 19.4. The molecule has 0 aliphatic heterocycles. The van der Waals surface area contributed by atoms with Crippen LogP contribution in [-0.2, 0) is 0 Å². The van der Waals surface area contributed by atoms with Crippen molar-refractivity contribution in [2.24, 2.45) is 5.92 Å². The molecule has 3 aromatic rings. The topological polar surface area (TPSA) is 9.23 Å². The Morgan fingerprint density at radius 2 is 1.53 bits per heavy atom. The molecule has 1 fully saturated rings. The maximum absolute atomic E-state index is 14.8. The van der Waals surface area contributed by atoms with Crippen molar-refractivity contribution in [2.45, 2.75) is 57.7 Å². The molecule has 1 saturated carbocycles. The van der Waals surface area contributed by atoms with Gasteiger partial charge in [0.15, 0.2) is 11.6 Å². The SMILES string of the molecule is CCC[C@H]1CC[C@H](c2cc(F)c(C#Cc3ccc4c(F)c(OC(F)(F)F)c(F)cc4c3)c(F)c2)CC1. The number of alkyl halides is 3. The average Bonchev–Trinajstić information content (AvgIpc) is 2.81. The van der Waals surface area contributed by atoms with Gasteiger partial charge in [-0.2, -0.15) is 0 Å². The van der Waals surface area contributed by atoms with E-state index in [1.807, 2.05) is 0 Å². The Morgan fingerprint density at radius 3 is 2.14 bits per heavy atom. The first-order valence-electron chi connectivity index (χ1n) is 11.7. The molecule has 0 unspecified atom stereocenters. The van der Waals surface area contributed by atoms with Crippen LogP contribution in [0.15, 0.2) is 36.4 Å². The van der Waals surface area contributed by atoms with Crippen LogP contribution >= 0.6 is 0 Å². The van der Waals surface area contributed by atoms with Gasteiger partial charge < -0.3 is 4.74 Å². The Labute approximate surface area is 204 Å². The molecule has 1 aliphatic rings. The van der Waals surface area contributed by atoms with Gasteiger partial charge in [0.1, 0.15) is 11.6 Å². The molecular formula is C28H23F7O. The average molecular weight is 508 g/mol. The number of benzene rings is 3. The summed E-state index contributed by atoms with van der Waals surface area (Å²) < 4.78 is 98.7. The highest BCUT2D eigenvalue weighted by Gasteiger charge is 2.34. The second-order valence-electron chi connectivity index (χ2n) is 9.10. The summed E-state index contributed by atoms with van der Waals surface area (Å²) in [6.07, 6.45) is 0.871. The van der Waals surface area contributed by atoms with Crippen LogP contribution in [0.25, 0.3) is 10.8 Å². The summed E-state index contributed by atoms with van der Waals surface area (Å²) in [5.74, 6) is -0.451. The smallest absolute Gasteiger partial charge is 0.399 e. The molecule has 0 aromatic heterocycles. The van der Waals surface area contributed by atoms with Crippen LogP contribution < -0.4 is 4.74 Å². The van der Waals surface area contributed by atoms with Crippen molar-refractivity contribution in [2.75, 3.05) is 0 Å². The van der Waals surface area contributed by atoms with Crippen molar-refractivity contribution in [1.29, 1.82) is 0 Å². The Kier molecular flexibility index (Phi) is 7.49. The summed E-state index contributed by atoms with van der Waals surface area (Å²) in [5.41, 5.74) is 0.353. The summed E-state index contributed by atoms with van der Waals surface area (Å²) in [4.78, 5) is 0. The minimum absolute atomic E-state index is 0.0821. The molecule has 0 N–H and O–H groups in total. The molecule has 0 amide bonds. The third-order valence-corrected chi connectivity index (χ3v) is 6.62. The molecule has 8 heteroatoms. The zero-order chi connectivity index (χ0) is 26.0. The third-order valence-electron chi connectivity index (χ3n) is 6.62. The summed E-state index contributed by atoms with van der Waals surface area (Å²) in [7, 11) is 0. The summed E-state index contributed by atoms with van der Waals surface area (Å²) >= 11 is 0. The highest BCUT2D eigenvalue weighted by Crippen LogP contribution is 2.38. The second-order valence-corrected chi connectivity index (χ2v) is 9.10. The first-order chi connectivity index (χ1) is 17.1. The van der Waals surface area contributed by atoms with E-state index in [0.717, 1.165) is 38.2 Å². The summed E-state index contributed by atoms with van der Waals surface area (Å²) in [5, 5.41) is -0.405. The van der Waals surface area contributed by atoms with Crippen LogP contribution in [0.1, 0.15) is 68.1 Å². The molecule has 0 heterocycles. The fraction of sp³-hybridized carbons (Fsp3) is 0.357. The van der Waals surface area contributed by atoms with Gasteiger partial charge in [-0.3, -0.25) is 0 Å². The number of rotatable bonds is 4. The monoisotopic (exact) mass is 508 g/mol. The highest BCUT2D eigenvalue weighted by molar-refractivity contribution is 5.86. The van der Waals surface area contributed by atoms with E-state index in [2.05, 4.69) is 23.5 Å². The van der Waals surface area contributed by atoms with Crippen molar-refractivity contribution in [3.63, 3.8) is 0 Å². The van der Waals surface area contributed by atoms with Gasteiger partial charge in [-0.05, 0) is 78.8 Å². The fourth-order valence-electron chi connectivity index (χ4n) is 4.87. The van der Waals surface area contributed by atoms with Crippen LogP contribution in [0, 0.1) is 41.0 Å². The van der Waals surface area contributed by atoms with Crippen LogP contribution in [0.5, 0.6) is 5.75 Å². The number of halogens is 7. The van der Waals surface area contributed by atoms with E-state index in [1.54, 1.807) is 0 Å². The second kappa shape index (κ2) is 10.4. The number of hydrogen-bond donors (Lipinski definition) is 0. The molecule has 0 radical (unpaired) electrons. The molecule has 0 saturated heterocycles. The molecular weight excluding hydrogens is 485 g/mol. The van der Waals surface area contributed by atoms with Crippen molar-refractivity contribution >= 4 is 10.8 Å². The predicted octanol–water partition coefficient (Wildman–Crippen LogP) is 8.77. The molecule has 1 nitrogen and oxygen atoms in total. The number of ether oxygens (including phenoxy) is 1. The predicted molar refractivity (Wildman–Crippen MR) is 122 cm³/mol. The standard InChI is InChI=1S/C28H23F7O/c1-2-3-16-4-8-18(9-5-16)19-13-23(29)22(24(30)14-19)11-7-17-6-10-21-20(12-17)15-25(31)27(26(21)32)36-28(33,34)35/h6,10,12-16,18H,2-5,8-9H2,1H3/t16-,18-. The van der Waals surface area contributed by atoms with E-state index >= 15 is 0 Å². The molecule has 4 rings (SSSR count). The molecule has 1 aliphatic carbocycles. The molecule has 0 spiro atoms. The minimum Gasteiger partial charge on any atom is -0.399 e. The van der Waals surface area contributed by atoms with E-state index in [-0.39, 0.29) is 22.3 Å². The van der Waals surface area contributed by atoms with Crippen molar-refractivity contribution < 1.29 is 35.5 Å². The first-order valence-corrected chi connectivity index (χ1v) is 11.7. The Bertz CT molecular complexity index is 1300. The quantitative estimate of drug-likeness (QED) is 0.253. The zero-order valence-corrected chi connectivity index (χ0v) is 19.4. The van der Waals surface area contributed by atoms with Gasteiger partial charge in [0.25, 0.3) is 0 Å².